The number of phenolic OH excluding ortho intramolecular Hbond substituents is 1. The molecule has 1 aromatic carbocycles. The number of hydrogen-bond acceptors (Lipinski definition) is 5. The normalized spacial score (nSPS) is 10.5. The van der Waals surface area contributed by atoms with E-state index in [4.69, 9.17) is 17.3 Å². The molecule has 2 amide bonds. The van der Waals surface area contributed by atoms with Crippen molar-refractivity contribution < 1.29 is 14.7 Å². The lowest BCUT2D eigenvalue weighted by molar-refractivity contribution is 0.0993. The molecule has 9 heteroatoms. The maximum atomic E-state index is 12.2. The zero-order valence-corrected chi connectivity index (χ0v) is 13.6. The van der Waals surface area contributed by atoms with Crippen LogP contribution in [0, 0.1) is 0 Å². The van der Waals surface area contributed by atoms with Gasteiger partial charge in [0, 0.05) is 22.2 Å². The molecule has 0 fully saturated rings. The summed E-state index contributed by atoms with van der Waals surface area (Å²) in [6.07, 6.45) is 1.60. The number of amides is 2. The van der Waals surface area contributed by atoms with Crippen LogP contribution in [0.4, 0.5) is 5.13 Å². The van der Waals surface area contributed by atoms with Gasteiger partial charge in [-0.25, -0.2) is 4.98 Å². The number of hydrogen-bond donors (Lipinski definition) is 4. The maximum absolute atomic E-state index is 12.2. The summed E-state index contributed by atoms with van der Waals surface area (Å²) in [6, 6.07) is 5.77. The van der Waals surface area contributed by atoms with Crippen molar-refractivity contribution >= 4 is 39.9 Å². The van der Waals surface area contributed by atoms with Crippen molar-refractivity contribution in [1.82, 2.24) is 9.97 Å². The van der Waals surface area contributed by atoms with Gasteiger partial charge in [-0.05, 0) is 24.3 Å². The lowest BCUT2D eigenvalue weighted by Gasteiger charge is -2.04. The number of aromatic nitrogens is 2. The number of H-pyrrole nitrogens is 1. The van der Waals surface area contributed by atoms with E-state index in [1.165, 1.54) is 29.5 Å². The molecule has 0 saturated carbocycles. The summed E-state index contributed by atoms with van der Waals surface area (Å²) in [4.78, 5) is 30.3. The van der Waals surface area contributed by atoms with E-state index in [9.17, 15) is 14.7 Å². The number of rotatable bonds is 4. The van der Waals surface area contributed by atoms with Crippen molar-refractivity contribution in [3.05, 3.63) is 52.1 Å². The van der Waals surface area contributed by atoms with E-state index >= 15 is 0 Å². The summed E-state index contributed by atoms with van der Waals surface area (Å²) in [5, 5.41) is 14.7. The lowest BCUT2D eigenvalue weighted by atomic mass is 10.2. The van der Waals surface area contributed by atoms with E-state index in [2.05, 4.69) is 15.3 Å². The summed E-state index contributed by atoms with van der Waals surface area (Å²) in [7, 11) is 0. The average molecular weight is 363 g/mol. The van der Waals surface area contributed by atoms with Crippen LogP contribution in [0.2, 0.25) is 5.02 Å². The van der Waals surface area contributed by atoms with Gasteiger partial charge in [0.05, 0.1) is 11.3 Å². The number of phenols is 1. The Morgan fingerprint density at radius 1 is 1.33 bits per heavy atom. The highest BCUT2D eigenvalue weighted by molar-refractivity contribution is 7.14. The molecule has 0 aliphatic heterocycles. The number of aromatic hydroxyl groups is 1. The number of aromatic amines is 1. The standard InChI is InChI=1S/C15H11ClN4O3S/c16-8-1-2-12(21)9(4-8)14(23)20-15-19-11(6-24-15)7-3-10(13(17)22)18-5-7/h1-6,18,21H,(H2,17,22)(H,19,20,23). The molecule has 122 valence electrons. The summed E-state index contributed by atoms with van der Waals surface area (Å²) >= 11 is 7.04. The molecule has 2 aromatic heterocycles. The number of anilines is 1. The van der Waals surface area contributed by atoms with Crippen LogP contribution in [-0.4, -0.2) is 26.9 Å². The maximum Gasteiger partial charge on any atom is 0.265 e. The van der Waals surface area contributed by atoms with Crippen LogP contribution in [0.1, 0.15) is 20.8 Å². The zero-order chi connectivity index (χ0) is 17.3. The van der Waals surface area contributed by atoms with Crippen molar-refractivity contribution in [1.29, 1.82) is 0 Å². The summed E-state index contributed by atoms with van der Waals surface area (Å²) in [5.41, 5.74) is 6.76. The second-order valence-corrected chi connectivity index (χ2v) is 6.11. The van der Waals surface area contributed by atoms with Crippen molar-refractivity contribution in [3.63, 3.8) is 0 Å². The third-order valence-corrected chi connectivity index (χ3v) is 4.16. The highest BCUT2D eigenvalue weighted by atomic mass is 35.5. The molecular weight excluding hydrogens is 352 g/mol. The molecule has 0 aliphatic carbocycles. The number of carbonyl (C=O) groups excluding carboxylic acids is 2. The molecule has 5 N–H and O–H groups in total. The van der Waals surface area contributed by atoms with Gasteiger partial charge in [-0.15, -0.1) is 11.3 Å². The topological polar surface area (TPSA) is 121 Å². The Hall–Kier alpha value is -2.84. The van der Waals surface area contributed by atoms with E-state index in [-0.39, 0.29) is 17.0 Å². The highest BCUT2D eigenvalue weighted by Crippen LogP contribution is 2.27. The molecule has 0 aliphatic rings. The first kappa shape index (κ1) is 16.0. The van der Waals surface area contributed by atoms with Crippen LogP contribution in [-0.2, 0) is 0 Å². The second kappa shape index (κ2) is 6.34. The summed E-state index contributed by atoms with van der Waals surface area (Å²) in [6.45, 7) is 0. The quantitative estimate of drug-likeness (QED) is 0.570. The first-order valence-corrected chi connectivity index (χ1v) is 7.94. The third-order valence-electron chi connectivity index (χ3n) is 3.17. The first-order chi connectivity index (χ1) is 11.4. The van der Waals surface area contributed by atoms with Gasteiger partial charge in [-0.3, -0.25) is 14.9 Å². The molecule has 0 bridgehead atoms. The van der Waals surface area contributed by atoms with Crippen LogP contribution in [0.5, 0.6) is 5.75 Å². The second-order valence-electron chi connectivity index (χ2n) is 4.82. The minimum absolute atomic E-state index is 0.0527. The molecule has 3 rings (SSSR count). The number of carbonyl (C=O) groups is 2. The highest BCUT2D eigenvalue weighted by Gasteiger charge is 2.15. The van der Waals surface area contributed by atoms with Gasteiger partial charge in [-0.1, -0.05) is 11.6 Å². The molecule has 0 radical (unpaired) electrons. The van der Waals surface area contributed by atoms with Gasteiger partial charge in [0.15, 0.2) is 5.13 Å². The van der Waals surface area contributed by atoms with Gasteiger partial charge in [0.1, 0.15) is 11.4 Å². The minimum atomic E-state index is -0.568. The van der Waals surface area contributed by atoms with E-state index in [1.807, 2.05) is 0 Å². The number of thiazole rings is 1. The van der Waals surface area contributed by atoms with Gasteiger partial charge in [0.2, 0.25) is 0 Å². The van der Waals surface area contributed by atoms with Gasteiger partial charge in [-0.2, -0.15) is 0 Å². The summed E-state index contributed by atoms with van der Waals surface area (Å²) < 4.78 is 0. The average Bonchev–Trinajstić information content (AvgIpc) is 3.18. The van der Waals surface area contributed by atoms with Crippen LogP contribution >= 0.6 is 22.9 Å². The Morgan fingerprint density at radius 3 is 2.83 bits per heavy atom. The monoisotopic (exact) mass is 362 g/mol. The van der Waals surface area contributed by atoms with Crippen molar-refractivity contribution in [3.8, 4) is 17.0 Å². The number of benzene rings is 1. The Bertz CT molecular complexity index is 934. The van der Waals surface area contributed by atoms with Crippen molar-refractivity contribution in [2.24, 2.45) is 5.73 Å². The minimum Gasteiger partial charge on any atom is -0.507 e. The molecule has 0 saturated heterocycles. The van der Waals surface area contributed by atoms with E-state index in [0.717, 1.165) is 0 Å². The van der Waals surface area contributed by atoms with Crippen LogP contribution in [0.25, 0.3) is 11.3 Å². The summed E-state index contributed by atoms with van der Waals surface area (Å²) in [5.74, 6) is -1.27. The Kier molecular flexibility index (Phi) is 4.24. The number of nitrogens with two attached hydrogens (primary N) is 1. The fourth-order valence-electron chi connectivity index (χ4n) is 2.00. The molecule has 7 nitrogen and oxygen atoms in total. The number of nitrogens with one attached hydrogen (secondary N) is 2. The fraction of sp³-hybridized carbons (Fsp3) is 0. The van der Waals surface area contributed by atoms with Crippen molar-refractivity contribution in [2.45, 2.75) is 0 Å². The predicted molar refractivity (Wildman–Crippen MR) is 91.5 cm³/mol. The van der Waals surface area contributed by atoms with Crippen LogP contribution < -0.4 is 11.1 Å². The Morgan fingerprint density at radius 2 is 2.12 bits per heavy atom. The first-order valence-electron chi connectivity index (χ1n) is 6.68. The van der Waals surface area contributed by atoms with Gasteiger partial charge < -0.3 is 15.8 Å². The van der Waals surface area contributed by atoms with Gasteiger partial charge in [0.25, 0.3) is 11.8 Å². The van der Waals surface area contributed by atoms with Crippen LogP contribution in [0.3, 0.4) is 0 Å². The van der Waals surface area contributed by atoms with Crippen LogP contribution in [0.15, 0.2) is 35.8 Å². The van der Waals surface area contributed by atoms with E-state index in [0.29, 0.717) is 21.4 Å². The molecule has 0 spiro atoms. The smallest absolute Gasteiger partial charge is 0.265 e. The van der Waals surface area contributed by atoms with E-state index in [1.54, 1.807) is 17.6 Å². The molecule has 2 heterocycles. The molecular formula is C15H11ClN4O3S. The molecule has 0 atom stereocenters. The number of nitrogens with zero attached hydrogens (tertiary/aromatic N) is 1. The number of primary amides is 1. The molecule has 3 aromatic rings. The Labute approximate surface area is 145 Å². The predicted octanol–water partition coefficient (Wildman–Crippen LogP) is 2.85. The lowest BCUT2D eigenvalue weighted by Crippen LogP contribution is -2.11. The van der Waals surface area contributed by atoms with Gasteiger partial charge >= 0.3 is 0 Å². The molecule has 0 unspecified atom stereocenters. The fourth-order valence-corrected chi connectivity index (χ4v) is 2.89. The SMILES string of the molecule is NC(=O)c1cc(-c2csc(NC(=O)c3cc(Cl)ccc3O)n2)c[nH]1. The van der Waals surface area contributed by atoms with E-state index < -0.39 is 11.8 Å². The largest absolute Gasteiger partial charge is 0.507 e. The number of halogens is 1. The van der Waals surface area contributed by atoms with Crippen molar-refractivity contribution in [2.75, 3.05) is 5.32 Å². The molecule has 24 heavy (non-hydrogen) atoms. The Balaban J connectivity index is 1.79. The zero-order valence-electron chi connectivity index (χ0n) is 12.0. The third kappa shape index (κ3) is 3.24.